The Kier molecular flexibility index (Phi) is 2.68. The van der Waals surface area contributed by atoms with E-state index in [1.165, 1.54) is 0 Å². The van der Waals surface area contributed by atoms with E-state index in [1.807, 2.05) is 30.3 Å². The lowest BCUT2D eigenvalue weighted by Gasteiger charge is -2.08. The highest BCUT2D eigenvalue weighted by Gasteiger charge is 2.26. The number of hydrogen-bond donors (Lipinski definition) is 0. The molecule has 1 aromatic rings. The monoisotopic (exact) mass is 192 g/mol. The molecule has 1 fully saturated rings. The molecule has 1 aromatic carbocycles. The first kappa shape index (κ1) is 9.06. The van der Waals surface area contributed by atoms with E-state index < -0.39 is 0 Å². The zero-order valence-electron chi connectivity index (χ0n) is 7.81. The van der Waals surface area contributed by atoms with Gasteiger partial charge in [-0.15, -0.1) is 0 Å². The van der Waals surface area contributed by atoms with Crippen molar-refractivity contribution in [2.24, 2.45) is 5.92 Å². The zero-order chi connectivity index (χ0) is 9.80. The van der Waals surface area contributed by atoms with Crippen LogP contribution in [0.5, 0.6) is 5.75 Å². The fraction of sp³-hybridized carbons (Fsp3) is 0.364. The van der Waals surface area contributed by atoms with Gasteiger partial charge < -0.3 is 9.47 Å². The number of para-hydroxylation sites is 1. The largest absolute Gasteiger partial charge is 0.493 e. The molecular formula is C11H12O3. The number of cyclic esters (lactones) is 1. The topological polar surface area (TPSA) is 35.5 Å². The Morgan fingerprint density at radius 2 is 2.14 bits per heavy atom. The van der Waals surface area contributed by atoms with Gasteiger partial charge in [0, 0.05) is 0 Å². The van der Waals surface area contributed by atoms with E-state index in [1.54, 1.807) is 0 Å². The predicted octanol–water partition coefficient (Wildman–Crippen LogP) is 1.63. The van der Waals surface area contributed by atoms with Crippen molar-refractivity contribution in [2.75, 3.05) is 13.2 Å². The first-order valence-electron chi connectivity index (χ1n) is 4.71. The molecule has 1 atom stereocenters. The molecule has 1 saturated heterocycles. The first-order valence-corrected chi connectivity index (χ1v) is 4.71. The van der Waals surface area contributed by atoms with Crippen LogP contribution in [-0.4, -0.2) is 19.2 Å². The SMILES string of the molecule is O=C1OCCC1COc1ccccc1. The van der Waals surface area contributed by atoms with Crippen LogP contribution in [0.1, 0.15) is 6.42 Å². The van der Waals surface area contributed by atoms with Gasteiger partial charge in [-0.2, -0.15) is 0 Å². The zero-order valence-corrected chi connectivity index (χ0v) is 7.81. The van der Waals surface area contributed by atoms with Crippen molar-refractivity contribution in [1.29, 1.82) is 0 Å². The van der Waals surface area contributed by atoms with Crippen molar-refractivity contribution < 1.29 is 14.3 Å². The fourth-order valence-electron chi connectivity index (χ4n) is 1.40. The van der Waals surface area contributed by atoms with E-state index in [2.05, 4.69) is 0 Å². The Bertz CT molecular complexity index is 308. The molecule has 1 heterocycles. The molecule has 0 spiro atoms. The minimum Gasteiger partial charge on any atom is -0.493 e. The van der Waals surface area contributed by atoms with E-state index in [4.69, 9.17) is 9.47 Å². The molecule has 2 rings (SSSR count). The summed E-state index contributed by atoms with van der Waals surface area (Å²) in [6.07, 6.45) is 0.770. The molecule has 0 N–H and O–H groups in total. The van der Waals surface area contributed by atoms with Crippen LogP contribution in [0.15, 0.2) is 30.3 Å². The Morgan fingerprint density at radius 1 is 1.36 bits per heavy atom. The summed E-state index contributed by atoms with van der Waals surface area (Å²) >= 11 is 0. The van der Waals surface area contributed by atoms with Gasteiger partial charge in [-0.25, -0.2) is 0 Å². The van der Waals surface area contributed by atoms with Gasteiger partial charge in [-0.1, -0.05) is 18.2 Å². The van der Waals surface area contributed by atoms with Crippen LogP contribution < -0.4 is 4.74 Å². The second-order valence-corrected chi connectivity index (χ2v) is 3.28. The highest BCUT2D eigenvalue weighted by atomic mass is 16.5. The summed E-state index contributed by atoms with van der Waals surface area (Å²) in [5.74, 6) is 0.573. The van der Waals surface area contributed by atoms with Gasteiger partial charge >= 0.3 is 5.97 Å². The normalized spacial score (nSPS) is 20.6. The molecule has 74 valence electrons. The molecular weight excluding hydrogens is 180 g/mol. The Balaban J connectivity index is 1.85. The fourth-order valence-corrected chi connectivity index (χ4v) is 1.40. The van der Waals surface area contributed by atoms with Crippen LogP contribution in [0.25, 0.3) is 0 Å². The molecule has 14 heavy (non-hydrogen) atoms. The van der Waals surface area contributed by atoms with Crippen LogP contribution in [0.4, 0.5) is 0 Å². The van der Waals surface area contributed by atoms with Crippen LogP contribution in [0, 0.1) is 5.92 Å². The lowest BCUT2D eigenvalue weighted by molar-refractivity contribution is -0.141. The van der Waals surface area contributed by atoms with Crippen molar-refractivity contribution in [3.63, 3.8) is 0 Å². The molecule has 0 radical (unpaired) electrons. The number of esters is 1. The highest BCUT2D eigenvalue weighted by molar-refractivity contribution is 5.74. The molecule has 3 heteroatoms. The summed E-state index contributed by atoms with van der Waals surface area (Å²) in [4.78, 5) is 11.1. The van der Waals surface area contributed by atoms with Crippen molar-refractivity contribution in [1.82, 2.24) is 0 Å². The van der Waals surface area contributed by atoms with E-state index in [9.17, 15) is 4.79 Å². The number of carbonyl (C=O) groups excluding carboxylic acids is 1. The smallest absolute Gasteiger partial charge is 0.312 e. The van der Waals surface area contributed by atoms with E-state index >= 15 is 0 Å². The number of benzene rings is 1. The third kappa shape index (κ3) is 2.05. The highest BCUT2D eigenvalue weighted by Crippen LogP contribution is 2.16. The Labute approximate surface area is 82.6 Å². The predicted molar refractivity (Wildman–Crippen MR) is 51.0 cm³/mol. The Morgan fingerprint density at radius 3 is 2.79 bits per heavy atom. The van der Waals surface area contributed by atoms with Crippen molar-refractivity contribution >= 4 is 5.97 Å². The average molecular weight is 192 g/mol. The molecule has 0 saturated carbocycles. The maximum atomic E-state index is 11.1. The van der Waals surface area contributed by atoms with Gasteiger partial charge in [0.2, 0.25) is 0 Å². The first-order chi connectivity index (χ1) is 6.86. The number of rotatable bonds is 3. The van der Waals surface area contributed by atoms with Crippen molar-refractivity contribution in [3.8, 4) is 5.75 Å². The second kappa shape index (κ2) is 4.13. The number of ether oxygens (including phenoxy) is 2. The molecule has 0 aliphatic carbocycles. The van der Waals surface area contributed by atoms with Crippen molar-refractivity contribution in [3.05, 3.63) is 30.3 Å². The molecule has 0 bridgehead atoms. The summed E-state index contributed by atoms with van der Waals surface area (Å²) < 4.78 is 10.3. The van der Waals surface area contributed by atoms with Gasteiger partial charge in [0.15, 0.2) is 0 Å². The Hall–Kier alpha value is -1.51. The summed E-state index contributed by atoms with van der Waals surface area (Å²) in [5.41, 5.74) is 0. The standard InChI is InChI=1S/C11H12O3/c12-11-9(6-7-13-11)8-14-10-4-2-1-3-5-10/h1-5,9H,6-8H2. The van der Waals surface area contributed by atoms with Gasteiger partial charge in [0.1, 0.15) is 12.4 Å². The van der Waals surface area contributed by atoms with Gasteiger partial charge in [0.05, 0.1) is 12.5 Å². The van der Waals surface area contributed by atoms with E-state index in [0.29, 0.717) is 13.2 Å². The maximum Gasteiger partial charge on any atom is 0.312 e. The van der Waals surface area contributed by atoms with E-state index in [0.717, 1.165) is 12.2 Å². The lowest BCUT2D eigenvalue weighted by Crippen LogP contribution is -2.16. The van der Waals surface area contributed by atoms with Crippen LogP contribution in [0.2, 0.25) is 0 Å². The maximum absolute atomic E-state index is 11.1. The molecule has 0 amide bonds. The summed E-state index contributed by atoms with van der Waals surface area (Å²) in [5, 5.41) is 0. The van der Waals surface area contributed by atoms with Crippen LogP contribution in [0.3, 0.4) is 0 Å². The van der Waals surface area contributed by atoms with Crippen molar-refractivity contribution in [2.45, 2.75) is 6.42 Å². The summed E-state index contributed by atoms with van der Waals surface area (Å²) in [6.45, 7) is 0.949. The minimum atomic E-state index is -0.138. The van der Waals surface area contributed by atoms with Gasteiger partial charge in [-0.3, -0.25) is 4.79 Å². The van der Waals surface area contributed by atoms with Gasteiger partial charge in [-0.05, 0) is 18.6 Å². The third-order valence-corrected chi connectivity index (χ3v) is 2.24. The third-order valence-electron chi connectivity index (χ3n) is 2.24. The average Bonchev–Trinajstić information content (AvgIpc) is 2.63. The lowest BCUT2D eigenvalue weighted by atomic mass is 10.1. The van der Waals surface area contributed by atoms with Crippen LogP contribution >= 0.6 is 0 Å². The molecule has 1 aliphatic rings. The molecule has 3 nitrogen and oxygen atoms in total. The second-order valence-electron chi connectivity index (χ2n) is 3.28. The van der Waals surface area contributed by atoms with Gasteiger partial charge in [0.25, 0.3) is 0 Å². The number of hydrogen-bond acceptors (Lipinski definition) is 3. The molecule has 1 aliphatic heterocycles. The summed E-state index contributed by atoms with van der Waals surface area (Å²) in [6, 6.07) is 9.49. The molecule has 0 aromatic heterocycles. The number of carbonyl (C=O) groups is 1. The van der Waals surface area contributed by atoms with Crippen LogP contribution in [-0.2, 0) is 9.53 Å². The molecule has 1 unspecified atom stereocenters. The van der Waals surface area contributed by atoms with E-state index in [-0.39, 0.29) is 11.9 Å². The quantitative estimate of drug-likeness (QED) is 0.683. The summed E-state index contributed by atoms with van der Waals surface area (Å²) in [7, 11) is 0. The minimum absolute atomic E-state index is 0.0878.